The van der Waals surface area contributed by atoms with Gasteiger partial charge in [0.25, 0.3) is 0 Å². The van der Waals surface area contributed by atoms with Gasteiger partial charge in [-0.25, -0.2) is 0 Å². The molecule has 0 aromatic carbocycles. The average Bonchev–Trinajstić information content (AvgIpc) is 2.17. The van der Waals surface area contributed by atoms with Crippen LogP contribution in [0, 0.1) is 0 Å². The Labute approximate surface area is 80.9 Å². The van der Waals surface area contributed by atoms with Gasteiger partial charge in [0.15, 0.2) is 0 Å². The quantitative estimate of drug-likeness (QED) is 0.535. The molecule has 0 fully saturated rings. The molecule has 0 amide bonds. The standard InChI is InChI=1S/C10H20N2O/c1-6-7-13-10(12-5)8(2)9(3)11-4/h11H,6-7H2,1-5H3/b9-8+,12-10?. The summed E-state index contributed by atoms with van der Waals surface area (Å²) >= 11 is 0. The SMILES string of the molecule is CCCOC(=NC)/C(C)=C(\C)NC. The summed E-state index contributed by atoms with van der Waals surface area (Å²) in [5.74, 6) is 0.730. The van der Waals surface area contributed by atoms with Crippen LogP contribution in [0.5, 0.6) is 0 Å². The molecule has 0 saturated heterocycles. The fraction of sp³-hybridized carbons (Fsp3) is 0.700. The van der Waals surface area contributed by atoms with Crippen LogP contribution in [-0.4, -0.2) is 26.6 Å². The molecular weight excluding hydrogens is 164 g/mol. The summed E-state index contributed by atoms with van der Waals surface area (Å²) in [5.41, 5.74) is 2.16. The van der Waals surface area contributed by atoms with Gasteiger partial charge in [0.1, 0.15) is 0 Å². The molecule has 13 heavy (non-hydrogen) atoms. The number of rotatable bonds is 4. The molecular formula is C10H20N2O. The van der Waals surface area contributed by atoms with Crippen molar-refractivity contribution >= 4 is 5.90 Å². The summed E-state index contributed by atoms with van der Waals surface area (Å²) in [6.45, 7) is 6.82. The third-order valence-corrected chi connectivity index (χ3v) is 1.90. The second-order valence-electron chi connectivity index (χ2n) is 2.88. The summed E-state index contributed by atoms with van der Waals surface area (Å²) in [6.07, 6.45) is 1.00. The lowest BCUT2D eigenvalue weighted by molar-refractivity contribution is 0.304. The van der Waals surface area contributed by atoms with E-state index in [0.717, 1.165) is 30.2 Å². The number of nitrogens with one attached hydrogen (secondary N) is 1. The summed E-state index contributed by atoms with van der Waals surface area (Å²) in [5, 5.41) is 3.07. The highest BCUT2D eigenvalue weighted by atomic mass is 16.5. The van der Waals surface area contributed by atoms with Gasteiger partial charge < -0.3 is 10.1 Å². The fourth-order valence-corrected chi connectivity index (χ4v) is 0.887. The Bertz CT molecular complexity index is 207. The molecule has 0 saturated carbocycles. The van der Waals surface area contributed by atoms with Gasteiger partial charge in [0.05, 0.1) is 6.61 Å². The van der Waals surface area contributed by atoms with Crippen molar-refractivity contribution in [3.8, 4) is 0 Å². The van der Waals surface area contributed by atoms with Crippen molar-refractivity contribution < 1.29 is 4.74 Å². The highest BCUT2D eigenvalue weighted by Crippen LogP contribution is 2.04. The third kappa shape index (κ3) is 3.97. The van der Waals surface area contributed by atoms with Gasteiger partial charge in [-0.2, -0.15) is 0 Å². The van der Waals surface area contributed by atoms with Crippen molar-refractivity contribution in [3.63, 3.8) is 0 Å². The highest BCUT2D eigenvalue weighted by Gasteiger charge is 2.04. The van der Waals surface area contributed by atoms with Gasteiger partial charge in [-0.15, -0.1) is 0 Å². The Balaban J connectivity index is 4.42. The van der Waals surface area contributed by atoms with Crippen molar-refractivity contribution in [2.45, 2.75) is 27.2 Å². The van der Waals surface area contributed by atoms with Crippen LogP contribution < -0.4 is 5.32 Å². The topological polar surface area (TPSA) is 33.6 Å². The predicted octanol–water partition coefficient (Wildman–Crippen LogP) is 1.95. The minimum absolute atomic E-state index is 0.723. The smallest absolute Gasteiger partial charge is 0.213 e. The third-order valence-electron chi connectivity index (χ3n) is 1.90. The number of aliphatic imine (C=N–C) groups is 1. The molecule has 3 heteroatoms. The molecule has 1 N–H and O–H groups in total. The van der Waals surface area contributed by atoms with Gasteiger partial charge >= 0.3 is 0 Å². The van der Waals surface area contributed by atoms with Gasteiger partial charge in [-0.3, -0.25) is 4.99 Å². The molecule has 0 aliphatic rings. The van der Waals surface area contributed by atoms with E-state index in [0.29, 0.717) is 0 Å². The molecule has 0 rings (SSSR count). The Hall–Kier alpha value is -0.990. The van der Waals surface area contributed by atoms with Crippen LogP contribution in [0.2, 0.25) is 0 Å². The van der Waals surface area contributed by atoms with E-state index in [9.17, 15) is 0 Å². The molecule has 0 heterocycles. The van der Waals surface area contributed by atoms with Crippen LogP contribution >= 0.6 is 0 Å². The van der Waals surface area contributed by atoms with E-state index in [-0.39, 0.29) is 0 Å². The molecule has 0 aromatic rings. The number of nitrogens with zero attached hydrogens (tertiary/aromatic N) is 1. The Morgan fingerprint density at radius 3 is 2.38 bits per heavy atom. The van der Waals surface area contributed by atoms with E-state index < -0.39 is 0 Å². The largest absolute Gasteiger partial charge is 0.478 e. The zero-order valence-electron chi connectivity index (χ0n) is 9.27. The van der Waals surface area contributed by atoms with Crippen LogP contribution in [0.15, 0.2) is 16.3 Å². The maximum Gasteiger partial charge on any atom is 0.213 e. The normalized spacial score (nSPS) is 13.8. The first-order chi connectivity index (χ1) is 6.17. The lowest BCUT2D eigenvalue weighted by Crippen LogP contribution is -2.14. The van der Waals surface area contributed by atoms with Crippen molar-refractivity contribution in [1.29, 1.82) is 0 Å². The summed E-state index contributed by atoms with van der Waals surface area (Å²) in [6, 6.07) is 0. The Morgan fingerprint density at radius 1 is 1.38 bits per heavy atom. The highest BCUT2D eigenvalue weighted by molar-refractivity contribution is 5.93. The molecule has 76 valence electrons. The zero-order valence-corrected chi connectivity index (χ0v) is 9.27. The van der Waals surface area contributed by atoms with Crippen molar-refractivity contribution in [1.82, 2.24) is 5.32 Å². The van der Waals surface area contributed by atoms with Gasteiger partial charge in [0, 0.05) is 25.4 Å². The van der Waals surface area contributed by atoms with Crippen LogP contribution in [0.3, 0.4) is 0 Å². The average molecular weight is 184 g/mol. The van der Waals surface area contributed by atoms with Crippen molar-refractivity contribution in [3.05, 3.63) is 11.3 Å². The number of hydrogen-bond donors (Lipinski definition) is 1. The first kappa shape index (κ1) is 12.0. The minimum atomic E-state index is 0.723. The second-order valence-corrected chi connectivity index (χ2v) is 2.88. The first-order valence-corrected chi connectivity index (χ1v) is 4.62. The molecule has 0 spiro atoms. The summed E-state index contributed by atoms with van der Waals surface area (Å²) in [4.78, 5) is 4.09. The lowest BCUT2D eigenvalue weighted by atomic mass is 10.2. The van der Waals surface area contributed by atoms with E-state index in [4.69, 9.17) is 4.74 Å². The van der Waals surface area contributed by atoms with Crippen molar-refractivity contribution in [2.75, 3.05) is 20.7 Å². The van der Waals surface area contributed by atoms with Crippen LogP contribution in [0.25, 0.3) is 0 Å². The van der Waals surface area contributed by atoms with Crippen LogP contribution in [0.1, 0.15) is 27.2 Å². The monoisotopic (exact) mass is 184 g/mol. The number of hydrogen-bond acceptors (Lipinski definition) is 3. The molecule has 0 bridgehead atoms. The maximum absolute atomic E-state index is 5.48. The van der Waals surface area contributed by atoms with E-state index in [1.165, 1.54) is 0 Å². The molecule has 0 aromatic heterocycles. The molecule has 0 unspecified atom stereocenters. The van der Waals surface area contributed by atoms with Gasteiger partial charge in [-0.05, 0) is 20.3 Å². The molecule has 0 aliphatic heterocycles. The number of ether oxygens (including phenoxy) is 1. The molecule has 0 aliphatic carbocycles. The molecule has 3 nitrogen and oxygen atoms in total. The summed E-state index contributed by atoms with van der Waals surface area (Å²) < 4.78 is 5.48. The van der Waals surface area contributed by atoms with Gasteiger partial charge in [0.2, 0.25) is 5.90 Å². The van der Waals surface area contributed by atoms with Gasteiger partial charge in [-0.1, -0.05) is 6.92 Å². The molecule has 0 radical (unpaired) electrons. The first-order valence-electron chi connectivity index (χ1n) is 4.62. The van der Waals surface area contributed by atoms with Crippen LogP contribution in [-0.2, 0) is 4.74 Å². The minimum Gasteiger partial charge on any atom is -0.478 e. The van der Waals surface area contributed by atoms with Crippen LogP contribution in [0.4, 0.5) is 0 Å². The zero-order chi connectivity index (χ0) is 10.3. The van der Waals surface area contributed by atoms with E-state index in [1.807, 2.05) is 20.9 Å². The number of allylic oxidation sites excluding steroid dienone is 1. The second kappa shape index (κ2) is 6.52. The maximum atomic E-state index is 5.48. The summed E-state index contributed by atoms with van der Waals surface area (Å²) in [7, 11) is 3.64. The van der Waals surface area contributed by atoms with Crippen molar-refractivity contribution in [2.24, 2.45) is 4.99 Å². The lowest BCUT2D eigenvalue weighted by Gasteiger charge is -2.10. The fourth-order valence-electron chi connectivity index (χ4n) is 0.887. The predicted molar refractivity (Wildman–Crippen MR) is 57.0 cm³/mol. The molecule has 0 atom stereocenters. The van der Waals surface area contributed by atoms with E-state index >= 15 is 0 Å². The van der Waals surface area contributed by atoms with E-state index in [2.05, 4.69) is 17.2 Å². The Morgan fingerprint density at radius 2 is 2.00 bits per heavy atom. The Kier molecular flexibility index (Phi) is 6.02. The van der Waals surface area contributed by atoms with E-state index in [1.54, 1.807) is 7.05 Å².